The number of carbonyl (C=O) groups is 1. The number of nitrogens with zero attached hydrogens (tertiary/aromatic N) is 2. The van der Waals surface area contributed by atoms with E-state index in [0.717, 1.165) is 16.7 Å². The molecule has 94 valence electrons. The Labute approximate surface area is 114 Å². The lowest BCUT2D eigenvalue weighted by atomic mass is 10.2. The van der Waals surface area contributed by atoms with E-state index in [0.29, 0.717) is 10.8 Å². The van der Waals surface area contributed by atoms with E-state index in [9.17, 15) is 4.79 Å². The molecule has 0 fully saturated rings. The SMILES string of the molecule is NC(=O)c1ccc(-n2c(Cl)nc3ccccc32)cc1. The van der Waals surface area contributed by atoms with Crippen molar-refractivity contribution in [1.82, 2.24) is 9.55 Å². The number of hydrogen-bond acceptors (Lipinski definition) is 2. The van der Waals surface area contributed by atoms with Crippen molar-refractivity contribution in [3.63, 3.8) is 0 Å². The average Bonchev–Trinajstić information content (AvgIpc) is 2.74. The molecular formula is C14H10ClN3O. The number of fused-ring (bicyclic) bond motifs is 1. The molecule has 1 amide bonds. The Hall–Kier alpha value is -2.33. The van der Waals surface area contributed by atoms with Crippen LogP contribution in [0.3, 0.4) is 0 Å². The fourth-order valence-corrected chi connectivity index (χ4v) is 2.30. The van der Waals surface area contributed by atoms with Gasteiger partial charge in [-0.05, 0) is 48.0 Å². The summed E-state index contributed by atoms with van der Waals surface area (Å²) in [5.74, 6) is -0.451. The number of rotatable bonds is 2. The summed E-state index contributed by atoms with van der Waals surface area (Å²) in [5.41, 5.74) is 8.26. The summed E-state index contributed by atoms with van der Waals surface area (Å²) < 4.78 is 1.82. The minimum absolute atomic E-state index is 0.382. The molecular weight excluding hydrogens is 262 g/mol. The molecule has 3 rings (SSSR count). The average molecular weight is 272 g/mol. The molecule has 0 aliphatic carbocycles. The van der Waals surface area contributed by atoms with Gasteiger partial charge in [0.1, 0.15) is 0 Å². The molecule has 5 heteroatoms. The van der Waals surface area contributed by atoms with Crippen molar-refractivity contribution in [3.05, 3.63) is 59.4 Å². The summed E-state index contributed by atoms with van der Waals surface area (Å²) in [6.07, 6.45) is 0. The van der Waals surface area contributed by atoms with Crippen LogP contribution >= 0.6 is 11.6 Å². The van der Waals surface area contributed by atoms with Crippen LogP contribution in [0.4, 0.5) is 0 Å². The summed E-state index contributed by atoms with van der Waals surface area (Å²) in [6, 6.07) is 14.6. The van der Waals surface area contributed by atoms with Crippen molar-refractivity contribution >= 4 is 28.5 Å². The first-order valence-corrected chi connectivity index (χ1v) is 6.08. The predicted octanol–water partition coefficient (Wildman–Crippen LogP) is 2.78. The topological polar surface area (TPSA) is 60.9 Å². The number of primary amides is 1. The second-order valence-electron chi connectivity index (χ2n) is 4.12. The molecule has 0 saturated carbocycles. The van der Waals surface area contributed by atoms with Crippen LogP contribution in [0.5, 0.6) is 0 Å². The highest BCUT2D eigenvalue weighted by Gasteiger charge is 2.10. The molecule has 0 radical (unpaired) electrons. The van der Waals surface area contributed by atoms with Crippen molar-refractivity contribution in [1.29, 1.82) is 0 Å². The van der Waals surface area contributed by atoms with E-state index >= 15 is 0 Å². The Balaban J connectivity index is 2.18. The molecule has 0 unspecified atom stereocenters. The van der Waals surface area contributed by atoms with Crippen LogP contribution < -0.4 is 5.73 Å². The largest absolute Gasteiger partial charge is 0.366 e. The maximum absolute atomic E-state index is 11.1. The van der Waals surface area contributed by atoms with E-state index < -0.39 is 5.91 Å². The third kappa shape index (κ3) is 1.96. The highest BCUT2D eigenvalue weighted by Crippen LogP contribution is 2.24. The standard InChI is InChI=1S/C14H10ClN3O/c15-14-17-11-3-1-2-4-12(11)18(14)10-7-5-9(6-8-10)13(16)19/h1-8H,(H2,16,19). The molecule has 0 spiro atoms. The van der Waals surface area contributed by atoms with Gasteiger partial charge in [0.25, 0.3) is 0 Å². The second kappa shape index (κ2) is 4.40. The lowest BCUT2D eigenvalue weighted by molar-refractivity contribution is 0.100. The third-order valence-corrected chi connectivity index (χ3v) is 3.18. The number of nitrogens with two attached hydrogens (primary N) is 1. The maximum atomic E-state index is 11.1. The van der Waals surface area contributed by atoms with E-state index in [2.05, 4.69) is 4.98 Å². The molecule has 4 nitrogen and oxygen atoms in total. The Morgan fingerprint density at radius 3 is 2.47 bits per heavy atom. The Morgan fingerprint density at radius 1 is 1.11 bits per heavy atom. The van der Waals surface area contributed by atoms with Crippen molar-refractivity contribution in [2.75, 3.05) is 0 Å². The van der Waals surface area contributed by atoms with E-state index in [-0.39, 0.29) is 0 Å². The predicted molar refractivity (Wildman–Crippen MR) is 74.6 cm³/mol. The van der Waals surface area contributed by atoms with Crippen LogP contribution in [-0.2, 0) is 0 Å². The summed E-state index contributed by atoms with van der Waals surface area (Å²) in [5, 5.41) is 0.382. The van der Waals surface area contributed by atoms with Crippen molar-refractivity contribution in [3.8, 4) is 5.69 Å². The maximum Gasteiger partial charge on any atom is 0.248 e. The Bertz CT molecular complexity index is 762. The smallest absolute Gasteiger partial charge is 0.248 e. The van der Waals surface area contributed by atoms with Crippen LogP contribution in [0, 0.1) is 0 Å². The van der Waals surface area contributed by atoms with Gasteiger partial charge in [0.15, 0.2) is 0 Å². The lowest BCUT2D eigenvalue weighted by Gasteiger charge is -2.06. The zero-order valence-corrected chi connectivity index (χ0v) is 10.6. The van der Waals surface area contributed by atoms with Gasteiger partial charge in [-0.2, -0.15) is 0 Å². The molecule has 0 saturated heterocycles. The van der Waals surface area contributed by atoms with Crippen molar-refractivity contribution in [2.45, 2.75) is 0 Å². The summed E-state index contributed by atoms with van der Waals surface area (Å²) in [4.78, 5) is 15.3. The first-order chi connectivity index (χ1) is 9.16. The van der Waals surface area contributed by atoms with Gasteiger partial charge in [-0.25, -0.2) is 4.98 Å². The number of aromatic nitrogens is 2. The molecule has 2 N–H and O–H groups in total. The molecule has 0 aliphatic heterocycles. The highest BCUT2D eigenvalue weighted by molar-refractivity contribution is 6.29. The third-order valence-electron chi connectivity index (χ3n) is 2.93. The number of halogens is 1. The van der Waals surface area contributed by atoms with Crippen LogP contribution in [0.1, 0.15) is 10.4 Å². The molecule has 1 heterocycles. The van der Waals surface area contributed by atoms with Crippen LogP contribution in [0.25, 0.3) is 16.7 Å². The summed E-state index contributed by atoms with van der Waals surface area (Å²) >= 11 is 6.16. The molecule has 0 aliphatic rings. The molecule has 19 heavy (non-hydrogen) atoms. The van der Waals surface area contributed by atoms with Crippen LogP contribution in [0.2, 0.25) is 5.28 Å². The van der Waals surface area contributed by atoms with Gasteiger partial charge in [-0.3, -0.25) is 9.36 Å². The fourth-order valence-electron chi connectivity index (χ4n) is 2.02. The summed E-state index contributed by atoms with van der Waals surface area (Å²) in [7, 11) is 0. The first kappa shape index (κ1) is 11.7. The molecule has 1 aromatic heterocycles. The van der Waals surface area contributed by atoms with Gasteiger partial charge in [-0.1, -0.05) is 12.1 Å². The van der Waals surface area contributed by atoms with E-state index in [1.165, 1.54) is 0 Å². The van der Waals surface area contributed by atoms with E-state index in [1.54, 1.807) is 24.3 Å². The quantitative estimate of drug-likeness (QED) is 0.779. The zero-order chi connectivity index (χ0) is 13.4. The van der Waals surface area contributed by atoms with Gasteiger partial charge < -0.3 is 5.73 Å². The monoisotopic (exact) mass is 271 g/mol. The number of hydrogen-bond donors (Lipinski definition) is 1. The zero-order valence-electron chi connectivity index (χ0n) is 9.88. The summed E-state index contributed by atoms with van der Waals surface area (Å²) in [6.45, 7) is 0. The molecule has 0 bridgehead atoms. The first-order valence-electron chi connectivity index (χ1n) is 5.70. The number of para-hydroxylation sites is 2. The van der Waals surface area contributed by atoms with Crippen molar-refractivity contribution in [2.24, 2.45) is 5.73 Å². The van der Waals surface area contributed by atoms with Crippen molar-refractivity contribution < 1.29 is 4.79 Å². The molecule has 3 aromatic rings. The number of benzene rings is 2. The Morgan fingerprint density at radius 2 is 1.79 bits per heavy atom. The van der Waals surface area contributed by atoms with Crippen LogP contribution in [-0.4, -0.2) is 15.5 Å². The number of imidazole rings is 1. The highest BCUT2D eigenvalue weighted by atomic mass is 35.5. The number of carbonyl (C=O) groups excluding carboxylic acids is 1. The number of amides is 1. The van der Waals surface area contributed by atoms with Gasteiger partial charge in [0.2, 0.25) is 11.2 Å². The van der Waals surface area contributed by atoms with Crippen LogP contribution in [0.15, 0.2) is 48.5 Å². The minimum Gasteiger partial charge on any atom is -0.366 e. The minimum atomic E-state index is -0.451. The van der Waals surface area contributed by atoms with Gasteiger partial charge >= 0.3 is 0 Å². The van der Waals surface area contributed by atoms with E-state index in [4.69, 9.17) is 17.3 Å². The Kier molecular flexibility index (Phi) is 2.72. The fraction of sp³-hybridized carbons (Fsp3) is 0. The van der Waals surface area contributed by atoms with Gasteiger partial charge in [0, 0.05) is 11.3 Å². The lowest BCUT2D eigenvalue weighted by Crippen LogP contribution is -2.10. The normalized spacial score (nSPS) is 10.8. The van der Waals surface area contributed by atoms with Gasteiger partial charge in [-0.15, -0.1) is 0 Å². The van der Waals surface area contributed by atoms with Gasteiger partial charge in [0.05, 0.1) is 11.0 Å². The molecule has 2 aromatic carbocycles. The second-order valence-corrected chi connectivity index (χ2v) is 4.45. The molecule has 0 atom stereocenters. The van der Waals surface area contributed by atoms with E-state index in [1.807, 2.05) is 28.8 Å².